The molecule has 1 aromatic carbocycles. The van der Waals surface area contributed by atoms with Crippen molar-refractivity contribution in [2.75, 3.05) is 0 Å². The number of nitrogens with zero attached hydrogens (tertiary/aromatic N) is 1. The lowest BCUT2D eigenvalue weighted by Gasteiger charge is -1.94. The predicted octanol–water partition coefficient (Wildman–Crippen LogP) is 3.23. The second kappa shape index (κ2) is 3.27. The van der Waals surface area contributed by atoms with Crippen LogP contribution in [0.2, 0.25) is 0 Å². The molecule has 1 aromatic heterocycles. The van der Waals surface area contributed by atoms with Gasteiger partial charge in [-0.1, -0.05) is 21.9 Å². The Labute approximate surface area is 85.5 Å². The van der Waals surface area contributed by atoms with Gasteiger partial charge in [0.25, 0.3) is 0 Å². The van der Waals surface area contributed by atoms with Crippen LogP contribution >= 0.6 is 15.9 Å². The van der Waals surface area contributed by atoms with E-state index in [1.165, 1.54) is 5.39 Å². The normalized spacial score (nSPS) is 9.69. The quantitative estimate of drug-likeness (QED) is 0.616. The van der Waals surface area contributed by atoms with E-state index in [0.717, 1.165) is 9.99 Å². The maximum atomic E-state index is 3.44. The maximum absolute atomic E-state index is 3.44. The van der Waals surface area contributed by atoms with Crippen LogP contribution in [0.15, 0.2) is 34.9 Å². The second-order valence-corrected chi connectivity index (χ2v) is 3.67. The van der Waals surface area contributed by atoms with Crippen molar-refractivity contribution in [3.8, 4) is 12.0 Å². The van der Waals surface area contributed by atoms with E-state index in [1.54, 1.807) is 0 Å². The van der Waals surface area contributed by atoms with Gasteiger partial charge in [-0.25, -0.2) is 0 Å². The van der Waals surface area contributed by atoms with E-state index < -0.39 is 0 Å². The molecule has 0 radical (unpaired) electrons. The molecule has 0 aliphatic carbocycles. The van der Waals surface area contributed by atoms with Crippen LogP contribution in [0.4, 0.5) is 0 Å². The predicted molar refractivity (Wildman–Crippen MR) is 58.5 cm³/mol. The Morgan fingerprint density at radius 3 is 2.92 bits per heavy atom. The van der Waals surface area contributed by atoms with Crippen LogP contribution in [-0.2, 0) is 0 Å². The third-order valence-corrected chi connectivity index (χ3v) is 2.38. The van der Waals surface area contributed by atoms with Crippen molar-refractivity contribution in [1.82, 2.24) is 4.57 Å². The number of fused-ring (bicyclic) bond motifs is 1. The number of hydrogen-bond donors (Lipinski definition) is 0. The van der Waals surface area contributed by atoms with Crippen LogP contribution in [0.3, 0.4) is 0 Å². The van der Waals surface area contributed by atoms with Crippen LogP contribution in [0.1, 0.15) is 6.92 Å². The van der Waals surface area contributed by atoms with Crippen LogP contribution in [0.5, 0.6) is 0 Å². The van der Waals surface area contributed by atoms with Gasteiger partial charge in [0.1, 0.15) is 0 Å². The van der Waals surface area contributed by atoms with Gasteiger partial charge in [0.15, 0.2) is 0 Å². The van der Waals surface area contributed by atoms with Crippen LogP contribution in [0, 0.1) is 12.0 Å². The highest BCUT2D eigenvalue weighted by atomic mass is 79.9. The van der Waals surface area contributed by atoms with Crippen molar-refractivity contribution in [3.05, 3.63) is 34.9 Å². The van der Waals surface area contributed by atoms with Crippen LogP contribution < -0.4 is 0 Å². The molecule has 0 bridgehead atoms. The Hall–Kier alpha value is -1.20. The molecular weight excluding hydrogens is 226 g/mol. The smallest absolute Gasteiger partial charge is 0.0612 e. The third kappa shape index (κ3) is 1.48. The Balaban J connectivity index is 2.73. The first-order valence-electron chi connectivity index (χ1n) is 4.00. The molecule has 1 heterocycles. The summed E-state index contributed by atoms with van der Waals surface area (Å²) < 4.78 is 3.03. The summed E-state index contributed by atoms with van der Waals surface area (Å²) in [5.41, 5.74) is 1.15. The van der Waals surface area contributed by atoms with E-state index in [0.29, 0.717) is 0 Å². The molecular formula is C11H8BrN. The average molecular weight is 234 g/mol. The highest BCUT2D eigenvalue weighted by Gasteiger charge is 1.98. The first-order chi connectivity index (χ1) is 6.31. The van der Waals surface area contributed by atoms with Crippen molar-refractivity contribution in [3.63, 3.8) is 0 Å². The number of benzene rings is 1. The largest absolute Gasteiger partial charge is 0.276 e. The molecule has 2 rings (SSSR count). The second-order valence-electron chi connectivity index (χ2n) is 2.75. The molecule has 0 aliphatic rings. The molecule has 0 saturated carbocycles. The van der Waals surface area contributed by atoms with Gasteiger partial charge in [-0.05, 0) is 31.2 Å². The Morgan fingerprint density at radius 1 is 1.31 bits per heavy atom. The number of rotatable bonds is 0. The lowest BCUT2D eigenvalue weighted by Crippen LogP contribution is -1.83. The Bertz CT molecular complexity index is 500. The fourth-order valence-electron chi connectivity index (χ4n) is 1.33. The molecule has 0 N–H and O–H groups in total. The fourth-order valence-corrected chi connectivity index (χ4v) is 1.71. The lowest BCUT2D eigenvalue weighted by atomic mass is 10.2. The average Bonchev–Trinajstić information content (AvgIpc) is 2.49. The molecule has 0 atom stereocenters. The van der Waals surface area contributed by atoms with Gasteiger partial charge in [0.05, 0.1) is 5.52 Å². The SMILES string of the molecule is CC#Cn1ccc2cc(Br)ccc21. The third-order valence-electron chi connectivity index (χ3n) is 1.88. The molecule has 64 valence electrons. The molecule has 1 nitrogen and oxygen atoms in total. The zero-order valence-corrected chi connectivity index (χ0v) is 8.80. The summed E-state index contributed by atoms with van der Waals surface area (Å²) in [6, 6.07) is 11.2. The van der Waals surface area contributed by atoms with E-state index in [1.807, 2.05) is 23.8 Å². The summed E-state index contributed by atoms with van der Waals surface area (Å²) in [6.45, 7) is 1.84. The van der Waals surface area contributed by atoms with Crippen LogP contribution in [-0.4, -0.2) is 4.57 Å². The Morgan fingerprint density at radius 2 is 2.15 bits per heavy atom. The lowest BCUT2D eigenvalue weighted by molar-refractivity contribution is 1.20. The summed E-state index contributed by atoms with van der Waals surface area (Å²) in [7, 11) is 0. The van der Waals surface area contributed by atoms with Crippen molar-refractivity contribution in [2.45, 2.75) is 6.92 Å². The van der Waals surface area contributed by atoms with E-state index in [2.05, 4.69) is 46.1 Å². The summed E-state index contributed by atoms with van der Waals surface area (Å²) in [5, 5.41) is 1.21. The van der Waals surface area contributed by atoms with Gasteiger partial charge in [0.2, 0.25) is 0 Å². The topological polar surface area (TPSA) is 4.93 Å². The molecule has 0 spiro atoms. The van der Waals surface area contributed by atoms with Gasteiger partial charge in [-0.3, -0.25) is 4.57 Å². The molecule has 2 aromatic rings. The summed E-state index contributed by atoms with van der Waals surface area (Å²) >= 11 is 3.44. The standard InChI is InChI=1S/C11H8BrN/c1-2-6-13-7-5-9-8-10(12)3-4-11(9)13/h3-5,7-8H,1H3. The minimum atomic E-state index is 1.10. The monoisotopic (exact) mass is 233 g/mol. The van der Waals surface area contributed by atoms with E-state index in [9.17, 15) is 0 Å². The molecule has 0 amide bonds. The van der Waals surface area contributed by atoms with Crippen molar-refractivity contribution < 1.29 is 0 Å². The Kier molecular flexibility index (Phi) is 2.12. The van der Waals surface area contributed by atoms with E-state index in [4.69, 9.17) is 0 Å². The highest BCUT2D eigenvalue weighted by Crippen LogP contribution is 2.19. The van der Waals surface area contributed by atoms with Gasteiger partial charge in [0, 0.05) is 22.1 Å². The molecule has 2 heteroatoms. The van der Waals surface area contributed by atoms with E-state index in [-0.39, 0.29) is 0 Å². The molecule has 0 unspecified atom stereocenters. The van der Waals surface area contributed by atoms with Crippen LogP contribution in [0.25, 0.3) is 10.9 Å². The zero-order chi connectivity index (χ0) is 9.26. The zero-order valence-electron chi connectivity index (χ0n) is 7.21. The minimum Gasteiger partial charge on any atom is -0.276 e. The van der Waals surface area contributed by atoms with Crippen molar-refractivity contribution in [1.29, 1.82) is 0 Å². The van der Waals surface area contributed by atoms with Crippen molar-refractivity contribution >= 4 is 26.8 Å². The van der Waals surface area contributed by atoms with Crippen molar-refractivity contribution in [2.24, 2.45) is 0 Å². The highest BCUT2D eigenvalue weighted by molar-refractivity contribution is 9.10. The number of hydrogen-bond acceptors (Lipinski definition) is 0. The van der Waals surface area contributed by atoms with Gasteiger partial charge >= 0.3 is 0 Å². The first-order valence-corrected chi connectivity index (χ1v) is 4.80. The van der Waals surface area contributed by atoms with Gasteiger partial charge in [-0.15, -0.1) is 0 Å². The summed E-state index contributed by atoms with van der Waals surface area (Å²) in [4.78, 5) is 0. The summed E-state index contributed by atoms with van der Waals surface area (Å²) in [6.07, 6.45) is 1.98. The molecule has 0 saturated heterocycles. The number of halogens is 1. The van der Waals surface area contributed by atoms with E-state index >= 15 is 0 Å². The maximum Gasteiger partial charge on any atom is 0.0612 e. The van der Waals surface area contributed by atoms with Gasteiger partial charge in [-0.2, -0.15) is 0 Å². The van der Waals surface area contributed by atoms with Gasteiger partial charge < -0.3 is 0 Å². The minimum absolute atomic E-state index is 1.10. The molecule has 13 heavy (non-hydrogen) atoms. The molecule has 0 fully saturated rings. The first kappa shape index (κ1) is 8.40. The summed E-state index contributed by atoms with van der Waals surface area (Å²) in [5.74, 6) is 2.88. The number of aromatic nitrogens is 1. The fraction of sp³-hybridized carbons (Fsp3) is 0.0909. The molecule has 0 aliphatic heterocycles.